The lowest BCUT2D eigenvalue weighted by Gasteiger charge is -2.12. The van der Waals surface area contributed by atoms with E-state index in [0.29, 0.717) is 28.3 Å². The minimum Gasteiger partial charge on any atom is -0.508 e. The minimum atomic E-state index is -0.585. The summed E-state index contributed by atoms with van der Waals surface area (Å²) >= 11 is 0. The second-order valence-corrected chi connectivity index (χ2v) is 6.50. The Labute approximate surface area is 178 Å². The van der Waals surface area contributed by atoms with Crippen LogP contribution in [0, 0.1) is 17.1 Å². The molecule has 0 saturated heterocycles. The van der Waals surface area contributed by atoms with Crippen LogP contribution < -0.4 is 14.8 Å². The molecular weight excluding hydrogens is 399 g/mol. The number of carbonyl (C=O) groups excluding carboxylic acids is 1. The van der Waals surface area contributed by atoms with E-state index in [2.05, 4.69) is 5.32 Å². The number of amides is 1. The van der Waals surface area contributed by atoms with Gasteiger partial charge in [0.25, 0.3) is 5.91 Å². The highest BCUT2D eigenvalue weighted by Gasteiger charge is 2.11. The first kappa shape index (κ1) is 21.4. The Hall–Kier alpha value is -4.31. The van der Waals surface area contributed by atoms with Crippen molar-refractivity contribution in [2.24, 2.45) is 0 Å². The molecule has 0 aromatic heterocycles. The van der Waals surface area contributed by atoms with Crippen LogP contribution in [-0.4, -0.2) is 18.1 Å². The number of anilines is 1. The van der Waals surface area contributed by atoms with Crippen LogP contribution in [0.1, 0.15) is 11.1 Å². The Morgan fingerprint density at radius 1 is 1.13 bits per heavy atom. The molecule has 7 heteroatoms. The van der Waals surface area contributed by atoms with Crippen molar-refractivity contribution in [1.82, 2.24) is 0 Å². The highest BCUT2D eigenvalue weighted by atomic mass is 19.1. The molecule has 0 spiro atoms. The van der Waals surface area contributed by atoms with Crippen molar-refractivity contribution in [2.75, 3.05) is 12.4 Å². The van der Waals surface area contributed by atoms with Crippen molar-refractivity contribution in [3.8, 4) is 23.3 Å². The summed E-state index contributed by atoms with van der Waals surface area (Å²) in [5, 5.41) is 21.3. The van der Waals surface area contributed by atoms with E-state index in [-0.39, 0.29) is 23.7 Å². The molecule has 0 heterocycles. The number of aromatic hydroxyl groups is 1. The van der Waals surface area contributed by atoms with Crippen molar-refractivity contribution < 1.29 is 23.8 Å². The standard InChI is InChI=1S/C24H19FN2O4/c1-30-23-13-16(5-10-22(23)31-15-17-3-2-4-19(25)12-17)11-18(14-26)24(29)27-20-6-8-21(28)9-7-20/h2-13,28H,15H2,1H3,(H,27,29)/b18-11+. The lowest BCUT2D eigenvalue weighted by molar-refractivity contribution is -0.112. The Morgan fingerprint density at radius 3 is 2.58 bits per heavy atom. The van der Waals surface area contributed by atoms with Gasteiger partial charge in [0.1, 0.15) is 29.8 Å². The summed E-state index contributed by atoms with van der Waals surface area (Å²) < 4.78 is 24.4. The van der Waals surface area contributed by atoms with Gasteiger partial charge in [-0.15, -0.1) is 0 Å². The zero-order chi connectivity index (χ0) is 22.2. The number of ether oxygens (including phenoxy) is 2. The van der Waals surface area contributed by atoms with E-state index in [4.69, 9.17) is 9.47 Å². The molecule has 3 rings (SSSR count). The molecule has 0 radical (unpaired) electrons. The van der Waals surface area contributed by atoms with Gasteiger partial charge in [0.15, 0.2) is 11.5 Å². The maximum Gasteiger partial charge on any atom is 0.266 e. The summed E-state index contributed by atoms with van der Waals surface area (Å²) in [4.78, 5) is 12.4. The lowest BCUT2D eigenvalue weighted by Crippen LogP contribution is -2.13. The Bertz CT molecular complexity index is 1150. The van der Waals surface area contributed by atoms with Gasteiger partial charge in [0.2, 0.25) is 0 Å². The first-order valence-electron chi connectivity index (χ1n) is 9.26. The molecule has 0 fully saturated rings. The summed E-state index contributed by atoms with van der Waals surface area (Å²) in [7, 11) is 1.47. The van der Waals surface area contributed by atoms with Crippen molar-refractivity contribution in [3.63, 3.8) is 0 Å². The summed E-state index contributed by atoms with van der Waals surface area (Å²) in [5.74, 6) is -0.0139. The van der Waals surface area contributed by atoms with Crippen molar-refractivity contribution in [3.05, 3.63) is 89.2 Å². The number of phenolic OH excluding ortho intramolecular Hbond substituents is 1. The van der Waals surface area contributed by atoms with E-state index in [1.807, 2.05) is 6.07 Å². The third-order valence-corrected chi connectivity index (χ3v) is 4.27. The molecule has 0 bridgehead atoms. The first-order valence-corrected chi connectivity index (χ1v) is 9.26. The molecule has 156 valence electrons. The van der Waals surface area contributed by atoms with Crippen molar-refractivity contribution in [1.29, 1.82) is 5.26 Å². The predicted molar refractivity (Wildman–Crippen MR) is 114 cm³/mol. The maximum atomic E-state index is 13.3. The first-order chi connectivity index (χ1) is 15.0. The number of phenols is 1. The summed E-state index contributed by atoms with van der Waals surface area (Å²) in [6.07, 6.45) is 1.43. The van der Waals surface area contributed by atoms with Gasteiger partial charge in [0, 0.05) is 5.69 Å². The van der Waals surface area contributed by atoms with Crippen molar-refractivity contribution >= 4 is 17.7 Å². The molecule has 0 aliphatic heterocycles. The van der Waals surface area contributed by atoms with Gasteiger partial charge in [-0.3, -0.25) is 4.79 Å². The minimum absolute atomic E-state index is 0.0702. The van der Waals surface area contributed by atoms with Gasteiger partial charge in [-0.1, -0.05) is 18.2 Å². The van der Waals surface area contributed by atoms with E-state index in [9.17, 15) is 19.6 Å². The predicted octanol–water partition coefficient (Wildman–Crippen LogP) is 4.66. The zero-order valence-corrected chi connectivity index (χ0v) is 16.6. The molecule has 0 unspecified atom stereocenters. The fourth-order valence-corrected chi connectivity index (χ4v) is 2.74. The number of hydrogen-bond acceptors (Lipinski definition) is 5. The van der Waals surface area contributed by atoms with Gasteiger partial charge in [-0.05, 0) is 65.7 Å². The van der Waals surface area contributed by atoms with Gasteiger partial charge < -0.3 is 19.9 Å². The molecule has 0 atom stereocenters. The van der Waals surface area contributed by atoms with E-state index in [1.165, 1.54) is 49.6 Å². The number of halogens is 1. The Balaban J connectivity index is 1.74. The summed E-state index contributed by atoms with van der Waals surface area (Å²) in [6, 6.07) is 18.8. The molecule has 2 N–H and O–H groups in total. The van der Waals surface area contributed by atoms with Crippen LogP contribution in [0.2, 0.25) is 0 Å². The molecule has 0 saturated carbocycles. The normalized spacial score (nSPS) is 10.8. The van der Waals surface area contributed by atoms with Crippen LogP contribution in [0.3, 0.4) is 0 Å². The molecular formula is C24H19FN2O4. The molecule has 0 aliphatic rings. The van der Waals surface area contributed by atoms with E-state index in [1.54, 1.807) is 30.3 Å². The van der Waals surface area contributed by atoms with Crippen LogP contribution in [0.25, 0.3) is 6.08 Å². The van der Waals surface area contributed by atoms with Gasteiger partial charge in [0.05, 0.1) is 7.11 Å². The molecule has 3 aromatic carbocycles. The molecule has 6 nitrogen and oxygen atoms in total. The Morgan fingerprint density at radius 2 is 1.90 bits per heavy atom. The number of nitrogens with one attached hydrogen (secondary N) is 1. The van der Waals surface area contributed by atoms with Crippen LogP contribution in [0.5, 0.6) is 17.2 Å². The second-order valence-electron chi connectivity index (χ2n) is 6.50. The molecule has 1 amide bonds. The topological polar surface area (TPSA) is 91.6 Å². The van der Waals surface area contributed by atoms with Gasteiger partial charge in [-0.25, -0.2) is 4.39 Å². The monoisotopic (exact) mass is 418 g/mol. The number of carbonyl (C=O) groups is 1. The van der Waals surface area contributed by atoms with Crippen LogP contribution in [0.4, 0.5) is 10.1 Å². The fraction of sp³-hybridized carbons (Fsp3) is 0.0833. The highest BCUT2D eigenvalue weighted by Crippen LogP contribution is 2.30. The number of benzene rings is 3. The van der Waals surface area contributed by atoms with Gasteiger partial charge >= 0.3 is 0 Å². The van der Waals surface area contributed by atoms with E-state index >= 15 is 0 Å². The quantitative estimate of drug-likeness (QED) is 0.331. The van der Waals surface area contributed by atoms with E-state index < -0.39 is 5.91 Å². The summed E-state index contributed by atoms with van der Waals surface area (Å²) in [5.41, 5.74) is 1.57. The Kier molecular flexibility index (Phi) is 6.86. The van der Waals surface area contributed by atoms with Crippen LogP contribution in [-0.2, 0) is 11.4 Å². The van der Waals surface area contributed by atoms with Crippen LogP contribution in [0.15, 0.2) is 72.3 Å². The third kappa shape index (κ3) is 5.84. The lowest BCUT2D eigenvalue weighted by atomic mass is 10.1. The number of methoxy groups -OCH3 is 1. The van der Waals surface area contributed by atoms with Gasteiger partial charge in [-0.2, -0.15) is 5.26 Å². The summed E-state index contributed by atoms with van der Waals surface area (Å²) in [6.45, 7) is 0.155. The van der Waals surface area contributed by atoms with E-state index in [0.717, 1.165) is 0 Å². The number of nitrogens with zero attached hydrogens (tertiary/aromatic N) is 1. The SMILES string of the molecule is COc1cc(/C=C(\C#N)C(=O)Nc2ccc(O)cc2)ccc1OCc1cccc(F)c1. The average Bonchev–Trinajstić information content (AvgIpc) is 2.77. The second kappa shape index (κ2) is 9.94. The molecule has 3 aromatic rings. The zero-order valence-electron chi connectivity index (χ0n) is 16.6. The number of nitriles is 1. The maximum absolute atomic E-state index is 13.3. The smallest absolute Gasteiger partial charge is 0.266 e. The average molecular weight is 418 g/mol. The van der Waals surface area contributed by atoms with Crippen molar-refractivity contribution in [2.45, 2.75) is 6.61 Å². The number of rotatable bonds is 7. The highest BCUT2D eigenvalue weighted by molar-refractivity contribution is 6.09. The molecule has 31 heavy (non-hydrogen) atoms. The largest absolute Gasteiger partial charge is 0.508 e. The van der Waals surface area contributed by atoms with Crippen LogP contribution >= 0.6 is 0 Å². The molecule has 0 aliphatic carbocycles. The number of hydrogen-bond donors (Lipinski definition) is 2. The third-order valence-electron chi connectivity index (χ3n) is 4.27. The fourth-order valence-electron chi connectivity index (χ4n) is 2.74.